The van der Waals surface area contributed by atoms with E-state index < -0.39 is 0 Å². The highest BCUT2D eigenvalue weighted by Gasteiger charge is 2.14. The minimum absolute atomic E-state index is 0.175. The van der Waals surface area contributed by atoms with Gasteiger partial charge in [0.2, 0.25) is 4.80 Å². The molecule has 0 saturated heterocycles. The van der Waals surface area contributed by atoms with Gasteiger partial charge in [0, 0.05) is 17.0 Å². The molecule has 3 aromatic rings. The largest absolute Gasteiger partial charge is 0.497 e. The van der Waals surface area contributed by atoms with E-state index in [9.17, 15) is 0 Å². The number of thiazole rings is 1. The van der Waals surface area contributed by atoms with E-state index in [-0.39, 0.29) is 6.04 Å². The van der Waals surface area contributed by atoms with Gasteiger partial charge in [-0.2, -0.15) is 5.10 Å². The number of methoxy groups -OCH3 is 2. The molecule has 7 heteroatoms. The maximum absolute atomic E-state index is 5.57. The Kier molecular flexibility index (Phi) is 6.13. The van der Waals surface area contributed by atoms with E-state index in [0.29, 0.717) is 0 Å². The molecule has 0 aliphatic heterocycles. The van der Waals surface area contributed by atoms with Crippen LogP contribution in [0.5, 0.6) is 11.5 Å². The van der Waals surface area contributed by atoms with Gasteiger partial charge in [-0.15, -0.1) is 22.7 Å². The van der Waals surface area contributed by atoms with Crippen LogP contribution in [0.4, 0.5) is 0 Å². The number of rotatable bonds is 6. The fourth-order valence-corrected chi connectivity index (χ4v) is 4.29. The van der Waals surface area contributed by atoms with E-state index in [0.717, 1.165) is 32.4 Å². The van der Waals surface area contributed by atoms with Crippen molar-refractivity contribution < 1.29 is 9.47 Å². The Morgan fingerprint density at radius 3 is 2.56 bits per heavy atom. The van der Waals surface area contributed by atoms with Crippen LogP contribution >= 0.6 is 22.7 Å². The number of nitrogens with zero attached hydrogens (tertiary/aromatic N) is 3. The molecule has 0 amide bonds. The van der Waals surface area contributed by atoms with Crippen molar-refractivity contribution in [3.05, 3.63) is 50.3 Å². The van der Waals surface area contributed by atoms with Gasteiger partial charge in [0.1, 0.15) is 11.5 Å². The van der Waals surface area contributed by atoms with Crippen LogP contribution in [-0.4, -0.2) is 31.2 Å². The third kappa shape index (κ3) is 4.31. The molecule has 2 heterocycles. The minimum atomic E-state index is 0.175. The second kappa shape index (κ2) is 8.54. The van der Waals surface area contributed by atoms with Gasteiger partial charge in [0.15, 0.2) is 0 Å². The quantitative estimate of drug-likeness (QED) is 0.557. The first-order valence-corrected chi connectivity index (χ1v) is 10.3. The third-order valence-corrected chi connectivity index (χ3v) is 5.71. The zero-order chi connectivity index (χ0) is 19.4. The lowest BCUT2D eigenvalue weighted by Gasteiger charge is -2.11. The lowest BCUT2D eigenvalue weighted by atomic mass is 10.1. The molecule has 0 radical (unpaired) electrons. The molecule has 0 spiro atoms. The summed E-state index contributed by atoms with van der Waals surface area (Å²) in [5, 5.41) is 8.87. The van der Waals surface area contributed by atoms with Crippen molar-refractivity contribution in [1.29, 1.82) is 0 Å². The van der Waals surface area contributed by atoms with Gasteiger partial charge in [-0.1, -0.05) is 0 Å². The summed E-state index contributed by atoms with van der Waals surface area (Å²) in [6.07, 6.45) is 1.89. The number of aryl methyl sites for hydroxylation is 1. The average molecular weight is 402 g/mol. The lowest BCUT2D eigenvalue weighted by Crippen LogP contribution is -2.14. The molecule has 0 fully saturated rings. The number of hydrogen-bond acceptors (Lipinski definition) is 6. The fraction of sp³-hybridized carbons (Fsp3) is 0.300. The van der Waals surface area contributed by atoms with Crippen LogP contribution in [0.3, 0.4) is 0 Å². The fourth-order valence-electron chi connectivity index (χ4n) is 2.55. The second-order valence-electron chi connectivity index (χ2n) is 6.22. The predicted molar refractivity (Wildman–Crippen MR) is 114 cm³/mol. The van der Waals surface area contributed by atoms with Crippen LogP contribution in [-0.2, 0) is 0 Å². The van der Waals surface area contributed by atoms with Crippen molar-refractivity contribution in [2.45, 2.75) is 26.8 Å². The van der Waals surface area contributed by atoms with Crippen molar-refractivity contribution in [2.24, 2.45) is 10.1 Å². The molecule has 2 aromatic heterocycles. The highest BCUT2D eigenvalue weighted by Crippen LogP contribution is 2.33. The van der Waals surface area contributed by atoms with Gasteiger partial charge < -0.3 is 9.47 Å². The van der Waals surface area contributed by atoms with Gasteiger partial charge >= 0.3 is 0 Å². The maximum atomic E-state index is 5.57. The van der Waals surface area contributed by atoms with Gasteiger partial charge in [-0.25, -0.2) is 4.68 Å². The molecule has 0 bridgehead atoms. The molecule has 0 aliphatic carbocycles. The molecule has 3 rings (SSSR count). The summed E-state index contributed by atoms with van der Waals surface area (Å²) in [6.45, 7) is 6.20. The number of aromatic nitrogens is 1. The van der Waals surface area contributed by atoms with E-state index >= 15 is 0 Å². The van der Waals surface area contributed by atoms with Crippen molar-refractivity contribution in [1.82, 2.24) is 4.68 Å². The highest BCUT2D eigenvalue weighted by molar-refractivity contribution is 7.11. The van der Waals surface area contributed by atoms with E-state index in [2.05, 4.69) is 37.6 Å². The lowest BCUT2D eigenvalue weighted by molar-refractivity contribution is 0.404. The smallest absolute Gasteiger partial charge is 0.206 e. The average Bonchev–Trinajstić information content (AvgIpc) is 3.24. The topological polar surface area (TPSA) is 48.1 Å². The van der Waals surface area contributed by atoms with Crippen LogP contribution in [0.25, 0.3) is 11.3 Å². The van der Waals surface area contributed by atoms with Crippen LogP contribution in [0, 0.1) is 6.92 Å². The molecule has 5 nitrogen and oxygen atoms in total. The van der Waals surface area contributed by atoms with Gasteiger partial charge in [0.05, 0.1) is 31.0 Å². The van der Waals surface area contributed by atoms with Gasteiger partial charge in [0.25, 0.3) is 0 Å². The van der Waals surface area contributed by atoms with Crippen LogP contribution in [0.15, 0.2) is 45.1 Å². The maximum Gasteiger partial charge on any atom is 0.206 e. The molecule has 0 N–H and O–H groups in total. The molecule has 0 aliphatic rings. The summed E-state index contributed by atoms with van der Waals surface area (Å²) in [6, 6.07) is 8.02. The molecule has 0 saturated carbocycles. The molecule has 0 atom stereocenters. The molecule has 1 aromatic carbocycles. The first-order valence-electron chi connectivity index (χ1n) is 8.58. The van der Waals surface area contributed by atoms with Crippen LogP contribution in [0.2, 0.25) is 0 Å². The molecular formula is C20H23N3O2S2. The monoisotopic (exact) mass is 401 g/mol. The second-order valence-corrected chi connectivity index (χ2v) is 8.00. The Bertz CT molecular complexity index is 1010. The number of ether oxygens (including phenoxy) is 2. The third-order valence-electron chi connectivity index (χ3n) is 3.93. The van der Waals surface area contributed by atoms with Crippen molar-refractivity contribution in [3.63, 3.8) is 0 Å². The molecular weight excluding hydrogens is 378 g/mol. The zero-order valence-electron chi connectivity index (χ0n) is 16.1. The van der Waals surface area contributed by atoms with Crippen molar-refractivity contribution >= 4 is 28.9 Å². The number of thiophene rings is 1. The van der Waals surface area contributed by atoms with E-state index in [1.807, 2.05) is 29.1 Å². The van der Waals surface area contributed by atoms with Gasteiger partial charge in [-0.05, 0) is 56.0 Å². The van der Waals surface area contributed by atoms with E-state index in [1.165, 1.54) is 5.56 Å². The molecule has 0 unspecified atom stereocenters. The zero-order valence-corrected chi connectivity index (χ0v) is 17.7. The number of hydrogen-bond donors (Lipinski definition) is 0. The van der Waals surface area contributed by atoms with Crippen LogP contribution in [0.1, 0.15) is 24.3 Å². The Balaban J connectivity index is 2.18. The summed E-state index contributed by atoms with van der Waals surface area (Å²) >= 11 is 3.23. The minimum Gasteiger partial charge on any atom is -0.497 e. The SMILES string of the molecule is COc1ccc(OC)c(-c2csc(=NC(C)C)n2N=Cc2sccc2C)c1. The summed E-state index contributed by atoms with van der Waals surface area (Å²) < 4.78 is 12.8. The van der Waals surface area contributed by atoms with E-state index in [1.54, 1.807) is 36.9 Å². The summed E-state index contributed by atoms with van der Waals surface area (Å²) in [5.41, 5.74) is 3.04. The van der Waals surface area contributed by atoms with Crippen molar-refractivity contribution in [2.75, 3.05) is 14.2 Å². The Morgan fingerprint density at radius 2 is 1.93 bits per heavy atom. The summed E-state index contributed by atoms with van der Waals surface area (Å²) in [4.78, 5) is 6.70. The van der Waals surface area contributed by atoms with Gasteiger partial charge in [-0.3, -0.25) is 4.99 Å². The standard InChI is InChI=1S/C20H23N3O2S2/c1-13(2)22-20-23(21-11-19-14(3)8-9-26-19)17(12-27-20)16-10-15(24-4)6-7-18(16)25-5/h6-13H,1-5H3. The Hall–Kier alpha value is -2.38. The Morgan fingerprint density at radius 1 is 1.11 bits per heavy atom. The first kappa shape index (κ1) is 19.4. The normalized spacial score (nSPS) is 12.3. The summed E-state index contributed by atoms with van der Waals surface area (Å²) in [7, 11) is 3.32. The van der Waals surface area contributed by atoms with Crippen molar-refractivity contribution in [3.8, 4) is 22.8 Å². The van der Waals surface area contributed by atoms with Crippen LogP contribution < -0.4 is 14.3 Å². The molecule has 142 valence electrons. The predicted octanol–water partition coefficient (Wildman–Crippen LogP) is 4.80. The molecule has 27 heavy (non-hydrogen) atoms. The first-order chi connectivity index (χ1) is 13.0. The summed E-state index contributed by atoms with van der Waals surface area (Å²) in [5.74, 6) is 1.53. The Labute approximate surface area is 167 Å². The highest BCUT2D eigenvalue weighted by atomic mass is 32.1. The number of benzene rings is 1. The van der Waals surface area contributed by atoms with E-state index in [4.69, 9.17) is 19.6 Å².